The van der Waals surface area contributed by atoms with E-state index in [-0.39, 0.29) is 17.7 Å². The molecule has 5 rings (SSSR count). The van der Waals surface area contributed by atoms with Gasteiger partial charge in [-0.15, -0.1) is 0 Å². The molecule has 0 saturated carbocycles. The smallest absolute Gasteiger partial charge is 0.294 e. The standard InChI is InChI=1S/C27H30N4O3S/c32-25(30-17-15-29(16-18-30)22-7-3-1-4-8-22)20-31-26(33)24(35-27(31)34)19-21-9-11-23(12-10-21)28-13-5-2-6-14-28/h1,3-4,7-12,19H,2,5-6,13-18,20H2/b24-19+. The second kappa shape index (κ2) is 10.6. The minimum atomic E-state index is -0.392. The monoisotopic (exact) mass is 490 g/mol. The van der Waals surface area contributed by atoms with E-state index in [9.17, 15) is 14.4 Å². The number of anilines is 2. The summed E-state index contributed by atoms with van der Waals surface area (Å²) in [7, 11) is 0. The molecular weight excluding hydrogens is 460 g/mol. The molecule has 0 radical (unpaired) electrons. The lowest BCUT2D eigenvalue weighted by Crippen LogP contribution is -2.51. The van der Waals surface area contributed by atoms with Gasteiger partial charge in [-0.25, -0.2) is 0 Å². The van der Waals surface area contributed by atoms with Crippen LogP contribution in [0.5, 0.6) is 0 Å². The Hall–Kier alpha value is -3.26. The van der Waals surface area contributed by atoms with Crippen molar-refractivity contribution in [1.29, 1.82) is 0 Å². The van der Waals surface area contributed by atoms with Crippen LogP contribution in [0, 0.1) is 0 Å². The fraction of sp³-hybridized carbons (Fsp3) is 0.370. The van der Waals surface area contributed by atoms with Crippen LogP contribution in [0.15, 0.2) is 59.5 Å². The lowest BCUT2D eigenvalue weighted by molar-refractivity contribution is -0.136. The van der Waals surface area contributed by atoms with E-state index in [4.69, 9.17) is 0 Å². The number of carbonyl (C=O) groups excluding carboxylic acids is 3. The summed E-state index contributed by atoms with van der Waals surface area (Å²) in [5.74, 6) is -0.580. The average molecular weight is 491 g/mol. The van der Waals surface area contributed by atoms with Crippen molar-refractivity contribution in [3.05, 3.63) is 65.1 Å². The first-order chi connectivity index (χ1) is 17.1. The summed E-state index contributed by atoms with van der Waals surface area (Å²) in [6, 6.07) is 18.2. The molecule has 8 heteroatoms. The summed E-state index contributed by atoms with van der Waals surface area (Å²) in [5, 5.41) is -0.387. The lowest BCUT2D eigenvalue weighted by atomic mass is 10.1. The molecular formula is C27H30N4O3S. The van der Waals surface area contributed by atoms with Crippen molar-refractivity contribution in [2.45, 2.75) is 19.3 Å². The van der Waals surface area contributed by atoms with E-state index < -0.39 is 5.91 Å². The SMILES string of the molecule is O=C(CN1C(=O)S/C(=C/c2ccc(N3CCCCC3)cc2)C1=O)N1CCN(c2ccccc2)CC1. The Morgan fingerprint density at radius 1 is 0.771 bits per heavy atom. The number of imide groups is 1. The first-order valence-corrected chi connectivity index (χ1v) is 13.1. The third-order valence-corrected chi connectivity index (χ3v) is 7.74. The molecule has 0 aliphatic carbocycles. The minimum absolute atomic E-state index is 0.188. The molecule has 182 valence electrons. The van der Waals surface area contributed by atoms with Gasteiger partial charge in [0.2, 0.25) is 5.91 Å². The molecule has 3 amide bonds. The third kappa shape index (κ3) is 5.37. The van der Waals surface area contributed by atoms with Gasteiger partial charge in [0, 0.05) is 50.6 Å². The zero-order valence-electron chi connectivity index (χ0n) is 19.8. The Morgan fingerprint density at radius 3 is 2.09 bits per heavy atom. The molecule has 0 spiro atoms. The van der Waals surface area contributed by atoms with Crippen molar-refractivity contribution in [3.63, 3.8) is 0 Å². The van der Waals surface area contributed by atoms with Gasteiger partial charge in [0.25, 0.3) is 11.1 Å². The fourth-order valence-electron chi connectivity index (χ4n) is 4.81. The predicted molar refractivity (Wildman–Crippen MR) is 140 cm³/mol. The number of amides is 3. The molecule has 0 unspecified atom stereocenters. The number of para-hydroxylation sites is 1. The third-order valence-electron chi connectivity index (χ3n) is 6.83. The van der Waals surface area contributed by atoms with Crippen molar-refractivity contribution in [2.24, 2.45) is 0 Å². The maximum absolute atomic E-state index is 12.9. The normalized spacial score (nSPS) is 20.2. The molecule has 7 nitrogen and oxygen atoms in total. The second-order valence-corrected chi connectivity index (χ2v) is 10.1. The van der Waals surface area contributed by atoms with Gasteiger partial charge in [-0.3, -0.25) is 19.3 Å². The molecule has 0 atom stereocenters. The molecule has 0 N–H and O–H groups in total. The number of hydrogen-bond acceptors (Lipinski definition) is 6. The highest BCUT2D eigenvalue weighted by atomic mass is 32.2. The van der Waals surface area contributed by atoms with Crippen LogP contribution in [-0.2, 0) is 9.59 Å². The van der Waals surface area contributed by atoms with E-state index in [2.05, 4.69) is 34.1 Å². The van der Waals surface area contributed by atoms with Gasteiger partial charge in [0.1, 0.15) is 6.54 Å². The molecule has 0 bridgehead atoms. The summed E-state index contributed by atoms with van der Waals surface area (Å²) in [5.41, 5.74) is 3.20. The van der Waals surface area contributed by atoms with Crippen LogP contribution in [-0.4, -0.2) is 72.7 Å². The Labute approximate surface area is 210 Å². The number of carbonyl (C=O) groups is 3. The molecule has 3 aliphatic heterocycles. The number of thioether (sulfide) groups is 1. The number of benzene rings is 2. The van der Waals surface area contributed by atoms with Gasteiger partial charge in [-0.05, 0) is 66.9 Å². The molecule has 3 aliphatic rings. The van der Waals surface area contributed by atoms with E-state index in [1.54, 1.807) is 11.0 Å². The van der Waals surface area contributed by atoms with E-state index in [0.29, 0.717) is 18.0 Å². The van der Waals surface area contributed by atoms with Gasteiger partial charge in [-0.1, -0.05) is 30.3 Å². The van der Waals surface area contributed by atoms with Crippen LogP contribution in [0.4, 0.5) is 16.2 Å². The maximum atomic E-state index is 12.9. The Morgan fingerprint density at radius 2 is 1.40 bits per heavy atom. The van der Waals surface area contributed by atoms with Crippen LogP contribution >= 0.6 is 11.8 Å². The summed E-state index contributed by atoms with van der Waals surface area (Å²) >= 11 is 0.904. The van der Waals surface area contributed by atoms with Gasteiger partial charge in [0.15, 0.2) is 0 Å². The molecule has 3 saturated heterocycles. The second-order valence-electron chi connectivity index (χ2n) is 9.11. The van der Waals surface area contributed by atoms with Crippen LogP contribution in [0.1, 0.15) is 24.8 Å². The lowest BCUT2D eigenvalue weighted by Gasteiger charge is -2.36. The maximum Gasteiger partial charge on any atom is 0.294 e. The van der Waals surface area contributed by atoms with Crippen LogP contribution in [0.2, 0.25) is 0 Å². The van der Waals surface area contributed by atoms with Crippen LogP contribution in [0.3, 0.4) is 0 Å². The van der Waals surface area contributed by atoms with Crippen LogP contribution in [0.25, 0.3) is 6.08 Å². The number of piperidine rings is 1. The minimum Gasteiger partial charge on any atom is -0.372 e. The topological polar surface area (TPSA) is 64.2 Å². The van der Waals surface area contributed by atoms with Crippen molar-refractivity contribution in [2.75, 3.05) is 55.6 Å². The van der Waals surface area contributed by atoms with E-state index >= 15 is 0 Å². The van der Waals surface area contributed by atoms with E-state index in [1.807, 2.05) is 30.3 Å². The highest BCUT2D eigenvalue weighted by molar-refractivity contribution is 8.18. The first-order valence-electron chi connectivity index (χ1n) is 12.3. The number of nitrogens with zero attached hydrogens (tertiary/aromatic N) is 4. The zero-order chi connectivity index (χ0) is 24.2. The molecule has 3 fully saturated rings. The summed E-state index contributed by atoms with van der Waals surface area (Å²) in [6.07, 6.45) is 5.47. The highest BCUT2D eigenvalue weighted by Gasteiger charge is 2.37. The van der Waals surface area contributed by atoms with Gasteiger partial charge >= 0.3 is 0 Å². The zero-order valence-corrected chi connectivity index (χ0v) is 20.6. The van der Waals surface area contributed by atoms with Crippen molar-refractivity contribution >= 4 is 46.3 Å². The van der Waals surface area contributed by atoms with Gasteiger partial charge in [0.05, 0.1) is 4.91 Å². The number of piperazine rings is 1. The van der Waals surface area contributed by atoms with Crippen molar-refractivity contribution in [3.8, 4) is 0 Å². The molecule has 2 aromatic carbocycles. The van der Waals surface area contributed by atoms with Crippen molar-refractivity contribution < 1.29 is 14.4 Å². The Kier molecular flexibility index (Phi) is 7.08. The van der Waals surface area contributed by atoms with Crippen molar-refractivity contribution in [1.82, 2.24) is 9.80 Å². The predicted octanol–water partition coefficient (Wildman–Crippen LogP) is 4.06. The van der Waals surface area contributed by atoms with Gasteiger partial charge in [-0.2, -0.15) is 0 Å². The molecule has 3 heterocycles. The Bertz CT molecular complexity index is 1110. The fourth-order valence-corrected chi connectivity index (χ4v) is 5.65. The molecule has 0 aromatic heterocycles. The van der Waals surface area contributed by atoms with Crippen LogP contribution < -0.4 is 9.80 Å². The Balaban J connectivity index is 1.17. The molecule has 35 heavy (non-hydrogen) atoms. The average Bonchev–Trinajstić information content (AvgIpc) is 3.17. The first kappa shape index (κ1) is 23.5. The summed E-state index contributed by atoms with van der Waals surface area (Å²) < 4.78 is 0. The van der Waals surface area contributed by atoms with E-state index in [0.717, 1.165) is 54.1 Å². The number of rotatable bonds is 5. The highest BCUT2D eigenvalue weighted by Crippen LogP contribution is 2.32. The molecule has 2 aromatic rings. The summed E-state index contributed by atoms with van der Waals surface area (Å²) in [6.45, 7) is 4.55. The summed E-state index contributed by atoms with van der Waals surface area (Å²) in [4.78, 5) is 46.1. The number of hydrogen-bond donors (Lipinski definition) is 0. The van der Waals surface area contributed by atoms with E-state index in [1.165, 1.54) is 24.9 Å². The van der Waals surface area contributed by atoms with Gasteiger partial charge < -0.3 is 14.7 Å². The quantitative estimate of drug-likeness (QED) is 0.589. The largest absolute Gasteiger partial charge is 0.372 e.